The van der Waals surface area contributed by atoms with Gasteiger partial charge in [0.25, 0.3) is 0 Å². The Kier molecular flexibility index (Phi) is 5.01. The molecule has 0 radical (unpaired) electrons. The lowest BCUT2D eigenvalue weighted by Crippen LogP contribution is -2.31. The van der Waals surface area contributed by atoms with Crippen LogP contribution in [0.3, 0.4) is 0 Å². The van der Waals surface area contributed by atoms with E-state index in [4.69, 9.17) is 0 Å². The van der Waals surface area contributed by atoms with Crippen LogP contribution in [-0.2, 0) is 5.60 Å². The molecule has 0 aliphatic heterocycles. The van der Waals surface area contributed by atoms with Crippen molar-refractivity contribution in [3.63, 3.8) is 0 Å². The van der Waals surface area contributed by atoms with Crippen LogP contribution in [0.2, 0.25) is 0 Å². The summed E-state index contributed by atoms with van der Waals surface area (Å²) in [5.74, 6) is 0. The third kappa shape index (κ3) is 3.18. The third-order valence-corrected chi connectivity index (χ3v) is 4.77. The molecule has 3 heteroatoms. The summed E-state index contributed by atoms with van der Waals surface area (Å²) >= 11 is 0. The Hall–Kier alpha value is -2.78. The van der Waals surface area contributed by atoms with Gasteiger partial charge in [0, 0.05) is 45.1 Å². The first-order chi connectivity index (χ1) is 12.4. The predicted octanol–water partition coefficient (Wildman–Crippen LogP) is 4.10. The number of benzene rings is 3. The van der Waals surface area contributed by atoms with Gasteiger partial charge in [-0.15, -0.1) is 0 Å². The highest BCUT2D eigenvalue weighted by Crippen LogP contribution is 2.41. The molecule has 3 aromatic rings. The van der Waals surface area contributed by atoms with Crippen LogP contribution in [0.25, 0.3) is 0 Å². The van der Waals surface area contributed by atoms with Crippen molar-refractivity contribution in [3.05, 3.63) is 95.6 Å². The molecule has 134 valence electrons. The molecule has 0 aliphatic carbocycles. The first kappa shape index (κ1) is 18.0. The lowest BCUT2D eigenvalue weighted by Gasteiger charge is -2.33. The molecule has 0 saturated carbocycles. The Labute approximate surface area is 156 Å². The first-order valence-corrected chi connectivity index (χ1v) is 8.77. The van der Waals surface area contributed by atoms with E-state index in [2.05, 4.69) is 4.90 Å². The van der Waals surface area contributed by atoms with E-state index in [1.54, 1.807) is 0 Å². The SMILES string of the molecule is CN(C)c1ccc(C(O)(c2ccccc2)c2ccccc2N(C)C)cc1. The van der Waals surface area contributed by atoms with Crippen molar-refractivity contribution in [3.8, 4) is 0 Å². The van der Waals surface area contributed by atoms with E-state index in [0.717, 1.165) is 28.1 Å². The Morgan fingerprint density at radius 3 is 1.73 bits per heavy atom. The van der Waals surface area contributed by atoms with E-state index < -0.39 is 5.60 Å². The second kappa shape index (κ2) is 7.22. The standard InChI is InChI=1S/C23H26N2O/c1-24(2)20-16-14-19(15-17-20)23(26,18-10-6-5-7-11-18)21-12-8-9-13-22(21)25(3)4/h5-17,26H,1-4H3. The number of aliphatic hydroxyl groups is 1. The number of hydrogen-bond acceptors (Lipinski definition) is 3. The molecular formula is C23H26N2O. The monoisotopic (exact) mass is 346 g/mol. The molecular weight excluding hydrogens is 320 g/mol. The van der Waals surface area contributed by atoms with Crippen molar-refractivity contribution >= 4 is 11.4 Å². The van der Waals surface area contributed by atoms with Crippen LogP contribution in [0.1, 0.15) is 16.7 Å². The van der Waals surface area contributed by atoms with Gasteiger partial charge in [-0.3, -0.25) is 0 Å². The van der Waals surface area contributed by atoms with Crippen molar-refractivity contribution in [2.45, 2.75) is 5.60 Å². The van der Waals surface area contributed by atoms with Crippen LogP contribution in [0.4, 0.5) is 11.4 Å². The number of hydrogen-bond donors (Lipinski definition) is 1. The van der Waals surface area contributed by atoms with Gasteiger partial charge in [0.1, 0.15) is 5.60 Å². The maximum absolute atomic E-state index is 12.0. The summed E-state index contributed by atoms with van der Waals surface area (Å²) in [6.07, 6.45) is 0. The predicted molar refractivity (Wildman–Crippen MR) is 110 cm³/mol. The Morgan fingerprint density at radius 1 is 0.615 bits per heavy atom. The average Bonchev–Trinajstić information content (AvgIpc) is 2.68. The molecule has 1 unspecified atom stereocenters. The van der Waals surface area contributed by atoms with Crippen LogP contribution in [0.15, 0.2) is 78.9 Å². The minimum Gasteiger partial charge on any atom is -0.378 e. The minimum atomic E-state index is -1.23. The second-order valence-corrected chi connectivity index (χ2v) is 6.93. The fraction of sp³-hybridized carbons (Fsp3) is 0.217. The van der Waals surface area contributed by atoms with Crippen LogP contribution in [0, 0.1) is 0 Å². The zero-order chi connectivity index (χ0) is 18.7. The Balaban J connectivity index is 2.25. The maximum Gasteiger partial charge on any atom is 0.142 e. The van der Waals surface area contributed by atoms with Crippen molar-refractivity contribution in [1.82, 2.24) is 0 Å². The summed E-state index contributed by atoms with van der Waals surface area (Å²) in [5, 5.41) is 12.0. The van der Waals surface area contributed by atoms with Gasteiger partial charge in [-0.25, -0.2) is 0 Å². The van der Waals surface area contributed by atoms with Gasteiger partial charge in [-0.1, -0.05) is 60.7 Å². The Bertz CT molecular complexity index is 857. The largest absolute Gasteiger partial charge is 0.378 e. The number of anilines is 2. The highest BCUT2D eigenvalue weighted by molar-refractivity contribution is 5.62. The fourth-order valence-corrected chi connectivity index (χ4v) is 3.33. The van der Waals surface area contributed by atoms with E-state index in [9.17, 15) is 5.11 Å². The molecule has 1 atom stereocenters. The van der Waals surface area contributed by atoms with E-state index in [1.165, 1.54) is 0 Å². The minimum absolute atomic E-state index is 0.851. The third-order valence-electron chi connectivity index (χ3n) is 4.77. The van der Waals surface area contributed by atoms with Crippen molar-refractivity contribution in [2.24, 2.45) is 0 Å². The van der Waals surface area contributed by atoms with E-state index in [-0.39, 0.29) is 0 Å². The molecule has 1 N–H and O–H groups in total. The van der Waals surface area contributed by atoms with Crippen molar-refractivity contribution < 1.29 is 5.11 Å². The molecule has 0 bridgehead atoms. The summed E-state index contributed by atoms with van der Waals surface area (Å²) in [4.78, 5) is 4.09. The van der Waals surface area contributed by atoms with Gasteiger partial charge in [0.05, 0.1) is 0 Å². The Morgan fingerprint density at radius 2 is 1.15 bits per heavy atom. The molecule has 3 nitrogen and oxygen atoms in total. The molecule has 0 heterocycles. The molecule has 3 aromatic carbocycles. The average molecular weight is 346 g/mol. The van der Waals surface area contributed by atoms with Crippen LogP contribution in [0.5, 0.6) is 0 Å². The molecule has 26 heavy (non-hydrogen) atoms. The number of para-hydroxylation sites is 1. The molecule has 0 aromatic heterocycles. The summed E-state index contributed by atoms with van der Waals surface area (Å²) in [6.45, 7) is 0. The summed E-state index contributed by atoms with van der Waals surface area (Å²) < 4.78 is 0. The lowest BCUT2D eigenvalue weighted by atomic mass is 9.79. The van der Waals surface area contributed by atoms with Gasteiger partial charge in [-0.2, -0.15) is 0 Å². The second-order valence-electron chi connectivity index (χ2n) is 6.93. The van der Waals surface area contributed by atoms with Gasteiger partial charge in [0.2, 0.25) is 0 Å². The molecule has 0 fully saturated rings. The van der Waals surface area contributed by atoms with Gasteiger partial charge >= 0.3 is 0 Å². The molecule has 0 aliphatic rings. The molecule has 3 rings (SSSR count). The lowest BCUT2D eigenvalue weighted by molar-refractivity contribution is 0.126. The zero-order valence-corrected chi connectivity index (χ0v) is 15.8. The fourth-order valence-electron chi connectivity index (χ4n) is 3.33. The summed E-state index contributed by atoms with van der Waals surface area (Å²) in [7, 11) is 8.03. The van der Waals surface area contributed by atoms with Gasteiger partial charge in [-0.05, 0) is 29.3 Å². The zero-order valence-electron chi connectivity index (χ0n) is 15.8. The molecule has 0 spiro atoms. The van der Waals surface area contributed by atoms with Crippen molar-refractivity contribution in [2.75, 3.05) is 38.0 Å². The van der Waals surface area contributed by atoms with Gasteiger partial charge < -0.3 is 14.9 Å². The van der Waals surface area contributed by atoms with Crippen LogP contribution >= 0.6 is 0 Å². The first-order valence-electron chi connectivity index (χ1n) is 8.77. The van der Waals surface area contributed by atoms with Crippen LogP contribution in [-0.4, -0.2) is 33.3 Å². The van der Waals surface area contributed by atoms with Crippen molar-refractivity contribution in [1.29, 1.82) is 0 Å². The van der Waals surface area contributed by atoms with Gasteiger partial charge in [0.15, 0.2) is 0 Å². The van der Waals surface area contributed by atoms with E-state index >= 15 is 0 Å². The number of nitrogens with zero attached hydrogens (tertiary/aromatic N) is 2. The number of rotatable bonds is 5. The maximum atomic E-state index is 12.0. The highest BCUT2D eigenvalue weighted by atomic mass is 16.3. The van der Waals surface area contributed by atoms with E-state index in [0.29, 0.717) is 0 Å². The smallest absolute Gasteiger partial charge is 0.142 e. The van der Waals surface area contributed by atoms with Crippen LogP contribution < -0.4 is 9.80 Å². The molecule has 0 saturated heterocycles. The quantitative estimate of drug-likeness (QED) is 0.705. The topological polar surface area (TPSA) is 26.7 Å². The summed E-state index contributed by atoms with van der Waals surface area (Å²) in [6, 6.07) is 26.0. The highest BCUT2D eigenvalue weighted by Gasteiger charge is 2.36. The summed E-state index contributed by atoms with van der Waals surface area (Å²) in [5.41, 5.74) is 3.44. The van der Waals surface area contributed by atoms with E-state index in [1.807, 2.05) is 112 Å². The normalized spacial score (nSPS) is 13.1. The molecule has 0 amide bonds.